The maximum Gasteiger partial charge on any atom is 0.318 e. The largest absolute Gasteiger partial charge is 0.481 e. The van der Waals surface area contributed by atoms with Crippen LogP contribution in [-0.4, -0.2) is 53.1 Å². The fourth-order valence-corrected chi connectivity index (χ4v) is 2.19. The molecule has 1 aliphatic rings. The Balaban J connectivity index is 2.43. The van der Waals surface area contributed by atoms with Gasteiger partial charge < -0.3 is 20.6 Å². The van der Waals surface area contributed by atoms with Crippen molar-refractivity contribution in [1.29, 1.82) is 0 Å². The molecule has 108 valence electrons. The van der Waals surface area contributed by atoms with E-state index in [4.69, 9.17) is 5.11 Å². The number of carbonyl (C=O) groups is 3. The van der Waals surface area contributed by atoms with Gasteiger partial charge in [-0.05, 0) is 27.2 Å². The number of likely N-dealkylation sites (tertiary alicyclic amines) is 1. The third kappa shape index (κ3) is 4.11. The van der Waals surface area contributed by atoms with Crippen LogP contribution in [0.2, 0.25) is 0 Å². The fraction of sp³-hybridized carbons (Fsp3) is 0.750. The molecule has 2 atom stereocenters. The molecule has 0 saturated carbocycles. The van der Waals surface area contributed by atoms with Crippen molar-refractivity contribution in [3.05, 3.63) is 0 Å². The summed E-state index contributed by atoms with van der Waals surface area (Å²) in [5.41, 5.74) is 0. The van der Waals surface area contributed by atoms with Gasteiger partial charge in [0, 0.05) is 18.6 Å². The van der Waals surface area contributed by atoms with Gasteiger partial charge in [-0.1, -0.05) is 0 Å². The lowest BCUT2D eigenvalue weighted by Crippen LogP contribution is -2.47. The van der Waals surface area contributed by atoms with Crippen molar-refractivity contribution in [2.45, 2.75) is 39.3 Å². The fourth-order valence-electron chi connectivity index (χ4n) is 2.19. The Labute approximate surface area is 112 Å². The van der Waals surface area contributed by atoms with E-state index in [1.807, 2.05) is 13.8 Å². The highest BCUT2D eigenvalue weighted by molar-refractivity contribution is 5.84. The summed E-state index contributed by atoms with van der Waals surface area (Å²) in [6.07, 6.45) is 0.447. The van der Waals surface area contributed by atoms with E-state index < -0.39 is 17.9 Å². The highest BCUT2D eigenvalue weighted by Crippen LogP contribution is 2.23. The SMILES string of the molecule is CC(C)NC(=O)CNC(=O)N1CCC(C(=O)O)C1C. The highest BCUT2D eigenvalue weighted by atomic mass is 16.4. The molecule has 1 fully saturated rings. The summed E-state index contributed by atoms with van der Waals surface area (Å²) < 4.78 is 0. The Morgan fingerprint density at radius 2 is 2.00 bits per heavy atom. The molecule has 7 heteroatoms. The molecule has 1 rings (SSSR count). The molecular weight excluding hydrogens is 250 g/mol. The van der Waals surface area contributed by atoms with E-state index in [2.05, 4.69) is 10.6 Å². The topological polar surface area (TPSA) is 98.7 Å². The van der Waals surface area contributed by atoms with Gasteiger partial charge in [0.25, 0.3) is 0 Å². The number of urea groups is 1. The van der Waals surface area contributed by atoms with Gasteiger partial charge in [-0.25, -0.2) is 4.79 Å². The normalized spacial score (nSPS) is 22.4. The van der Waals surface area contributed by atoms with Crippen molar-refractivity contribution in [2.24, 2.45) is 5.92 Å². The Hall–Kier alpha value is -1.79. The maximum absolute atomic E-state index is 11.9. The molecule has 1 aliphatic heterocycles. The lowest BCUT2D eigenvalue weighted by molar-refractivity contribution is -0.142. The lowest BCUT2D eigenvalue weighted by Gasteiger charge is -2.23. The van der Waals surface area contributed by atoms with E-state index in [0.717, 1.165) is 0 Å². The molecule has 3 N–H and O–H groups in total. The molecule has 1 heterocycles. The van der Waals surface area contributed by atoms with Crippen LogP contribution in [0.5, 0.6) is 0 Å². The van der Waals surface area contributed by atoms with Crippen molar-refractivity contribution in [1.82, 2.24) is 15.5 Å². The van der Waals surface area contributed by atoms with E-state index in [0.29, 0.717) is 13.0 Å². The molecule has 0 aliphatic carbocycles. The number of hydrogen-bond acceptors (Lipinski definition) is 3. The van der Waals surface area contributed by atoms with Crippen LogP contribution >= 0.6 is 0 Å². The molecule has 19 heavy (non-hydrogen) atoms. The Kier molecular flexibility index (Phi) is 5.14. The molecule has 3 amide bonds. The molecule has 0 bridgehead atoms. The molecule has 2 unspecified atom stereocenters. The number of carboxylic acid groups (broad SMARTS) is 1. The van der Waals surface area contributed by atoms with Crippen LogP contribution in [0, 0.1) is 5.92 Å². The van der Waals surface area contributed by atoms with E-state index in [1.165, 1.54) is 4.90 Å². The zero-order valence-corrected chi connectivity index (χ0v) is 11.5. The smallest absolute Gasteiger partial charge is 0.318 e. The second kappa shape index (κ2) is 6.40. The second-order valence-electron chi connectivity index (χ2n) is 5.05. The number of carboxylic acids is 1. The summed E-state index contributed by atoms with van der Waals surface area (Å²) >= 11 is 0. The first-order valence-corrected chi connectivity index (χ1v) is 6.39. The van der Waals surface area contributed by atoms with Gasteiger partial charge in [0.05, 0.1) is 12.5 Å². The lowest BCUT2D eigenvalue weighted by atomic mass is 10.0. The molecule has 0 aromatic rings. The second-order valence-corrected chi connectivity index (χ2v) is 5.05. The monoisotopic (exact) mass is 271 g/mol. The third-order valence-electron chi connectivity index (χ3n) is 3.18. The zero-order valence-electron chi connectivity index (χ0n) is 11.5. The average Bonchev–Trinajstić information content (AvgIpc) is 2.67. The summed E-state index contributed by atoms with van der Waals surface area (Å²) in [5, 5.41) is 14.1. The van der Waals surface area contributed by atoms with Crippen LogP contribution in [0.1, 0.15) is 27.2 Å². The van der Waals surface area contributed by atoms with Crippen LogP contribution in [-0.2, 0) is 9.59 Å². The van der Waals surface area contributed by atoms with Crippen molar-refractivity contribution in [3.8, 4) is 0 Å². The Bertz CT molecular complexity index is 370. The van der Waals surface area contributed by atoms with Crippen LogP contribution in [0.3, 0.4) is 0 Å². The van der Waals surface area contributed by atoms with Crippen LogP contribution in [0.25, 0.3) is 0 Å². The first kappa shape index (κ1) is 15.3. The van der Waals surface area contributed by atoms with Gasteiger partial charge in [-0.2, -0.15) is 0 Å². The summed E-state index contributed by atoms with van der Waals surface area (Å²) in [6.45, 7) is 5.67. The zero-order chi connectivity index (χ0) is 14.6. The third-order valence-corrected chi connectivity index (χ3v) is 3.18. The number of carbonyl (C=O) groups excluding carboxylic acids is 2. The minimum atomic E-state index is -0.889. The molecular formula is C12H21N3O4. The minimum absolute atomic E-state index is 0.0199. The first-order chi connectivity index (χ1) is 8.82. The summed E-state index contributed by atoms with van der Waals surface area (Å²) in [4.78, 5) is 35.6. The number of nitrogens with one attached hydrogen (secondary N) is 2. The van der Waals surface area contributed by atoms with Crippen LogP contribution in [0.4, 0.5) is 4.79 Å². The number of aliphatic carboxylic acids is 1. The summed E-state index contributed by atoms with van der Waals surface area (Å²) in [7, 11) is 0. The van der Waals surface area contributed by atoms with E-state index in [-0.39, 0.29) is 24.5 Å². The Morgan fingerprint density at radius 1 is 1.37 bits per heavy atom. The number of nitrogens with zero attached hydrogens (tertiary/aromatic N) is 1. The highest BCUT2D eigenvalue weighted by Gasteiger charge is 2.38. The van der Waals surface area contributed by atoms with Crippen molar-refractivity contribution < 1.29 is 19.5 Å². The predicted octanol–water partition coefficient (Wildman–Crippen LogP) is 0.0156. The van der Waals surface area contributed by atoms with Crippen molar-refractivity contribution in [3.63, 3.8) is 0 Å². The van der Waals surface area contributed by atoms with Crippen LogP contribution < -0.4 is 10.6 Å². The Morgan fingerprint density at radius 3 is 2.47 bits per heavy atom. The van der Waals surface area contributed by atoms with E-state index >= 15 is 0 Å². The van der Waals surface area contributed by atoms with Gasteiger partial charge in [-0.3, -0.25) is 9.59 Å². The van der Waals surface area contributed by atoms with Gasteiger partial charge in [0.15, 0.2) is 0 Å². The molecule has 0 aromatic heterocycles. The number of amides is 3. The van der Waals surface area contributed by atoms with Gasteiger partial charge >= 0.3 is 12.0 Å². The predicted molar refractivity (Wildman–Crippen MR) is 68.6 cm³/mol. The number of hydrogen-bond donors (Lipinski definition) is 3. The average molecular weight is 271 g/mol. The van der Waals surface area contributed by atoms with Crippen LogP contribution in [0.15, 0.2) is 0 Å². The molecule has 1 saturated heterocycles. The molecule has 0 aromatic carbocycles. The first-order valence-electron chi connectivity index (χ1n) is 6.39. The van der Waals surface area contributed by atoms with Gasteiger partial charge in [0.1, 0.15) is 0 Å². The maximum atomic E-state index is 11.9. The molecule has 7 nitrogen and oxygen atoms in total. The summed E-state index contributed by atoms with van der Waals surface area (Å²) in [6, 6.07) is -0.729. The standard InChI is InChI=1S/C12H21N3O4/c1-7(2)14-10(16)6-13-12(19)15-5-4-9(8(15)3)11(17)18/h7-9H,4-6H2,1-3H3,(H,13,19)(H,14,16)(H,17,18). The van der Waals surface area contributed by atoms with Gasteiger partial charge in [-0.15, -0.1) is 0 Å². The van der Waals surface area contributed by atoms with Gasteiger partial charge in [0.2, 0.25) is 5.91 Å². The molecule has 0 radical (unpaired) electrons. The quantitative estimate of drug-likeness (QED) is 0.671. The number of rotatable bonds is 4. The van der Waals surface area contributed by atoms with Crippen molar-refractivity contribution >= 4 is 17.9 Å². The minimum Gasteiger partial charge on any atom is -0.481 e. The van der Waals surface area contributed by atoms with Crippen molar-refractivity contribution in [2.75, 3.05) is 13.1 Å². The van der Waals surface area contributed by atoms with E-state index in [9.17, 15) is 14.4 Å². The van der Waals surface area contributed by atoms with E-state index in [1.54, 1.807) is 6.92 Å². The summed E-state index contributed by atoms with van der Waals surface area (Å²) in [5.74, 6) is -1.68. The molecule has 0 spiro atoms.